The molecule has 0 unspecified atom stereocenters. The zero-order chi connectivity index (χ0) is 11.5. The van der Waals surface area contributed by atoms with Gasteiger partial charge in [0.2, 0.25) is 0 Å². The van der Waals surface area contributed by atoms with Crippen molar-refractivity contribution in [3.8, 4) is 23.1 Å². The lowest BCUT2D eigenvalue weighted by molar-refractivity contribution is 0.770. The summed E-state index contributed by atoms with van der Waals surface area (Å²) >= 11 is 0. The summed E-state index contributed by atoms with van der Waals surface area (Å²) in [5.41, 5.74) is 4.41. The predicted molar refractivity (Wildman–Crippen MR) is 65.9 cm³/mol. The Morgan fingerprint density at radius 1 is 1.19 bits per heavy atom. The van der Waals surface area contributed by atoms with Gasteiger partial charge >= 0.3 is 0 Å². The van der Waals surface area contributed by atoms with E-state index in [0.29, 0.717) is 0 Å². The Balaban J connectivity index is 2.40. The summed E-state index contributed by atoms with van der Waals surface area (Å²) < 4.78 is 1.84. The number of hydrogen-bond acceptors (Lipinski definition) is 1. The number of nitrogens with zero attached hydrogens (tertiary/aromatic N) is 2. The lowest BCUT2D eigenvalue weighted by Gasteiger charge is -1.98. The Kier molecular flexibility index (Phi) is 2.78. The monoisotopic (exact) mass is 210 g/mol. The van der Waals surface area contributed by atoms with Gasteiger partial charge in [0, 0.05) is 24.4 Å². The number of rotatable bonds is 1. The Morgan fingerprint density at radius 3 is 2.38 bits per heavy atom. The Hall–Kier alpha value is -2.01. The van der Waals surface area contributed by atoms with Crippen molar-refractivity contribution < 1.29 is 0 Å². The first-order valence-corrected chi connectivity index (χ1v) is 5.24. The summed E-state index contributed by atoms with van der Waals surface area (Å²) in [5.74, 6) is 5.92. The Labute approximate surface area is 95.9 Å². The number of benzene rings is 1. The zero-order valence-corrected chi connectivity index (χ0v) is 9.78. The fraction of sp³-hybridized carbons (Fsp3) is 0.214. The van der Waals surface area contributed by atoms with Crippen molar-refractivity contribution >= 4 is 0 Å². The maximum atomic E-state index is 4.44. The van der Waals surface area contributed by atoms with Crippen LogP contribution in [0.2, 0.25) is 0 Å². The third-order valence-electron chi connectivity index (χ3n) is 2.44. The third kappa shape index (κ3) is 1.99. The lowest BCUT2D eigenvalue weighted by Crippen LogP contribution is -1.88. The van der Waals surface area contributed by atoms with Crippen molar-refractivity contribution in [2.75, 3.05) is 0 Å². The van der Waals surface area contributed by atoms with Crippen molar-refractivity contribution in [1.29, 1.82) is 0 Å². The normalized spacial score (nSPS) is 9.69. The molecule has 0 bridgehead atoms. The summed E-state index contributed by atoms with van der Waals surface area (Å²) in [6.45, 7) is 3.92. The van der Waals surface area contributed by atoms with E-state index in [1.54, 1.807) is 0 Å². The van der Waals surface area contributed by atoms with Crippen LogP contribution in [0.1, 0.15) is 18.1 Å². The molecule has 2 rings (SSSR count). The molecule has 80 valence electrons. The molecular formula is C14H14N2. The molecule has 1 heterocycles. The van der Waals surface area contributed by atoms with Crippen molar-refractivity contribution in [3.63, 3.8) is 0 Å². The maximum Gasteiger partial charge on any atom is 0.0952 e. The Morgan fingerprint density at radius 2 is 1.88 bits per heavy atom. The van der Waals surface area contributed by atoms with Gasteiger partial charge in [-0.2, -0.15) is 5.10 Å². The molecule has 0 radical (unpaired) electrons. The van der Waals surface area contributed by atoms with Crippen molar-refractivity contribution in [3.05, 3.63) is 41.6 Å². The SMILES string of the molecule is CC#Cc1ccc(-c2nn(C)cc2C)cc1. The van der Waals surface area contributed by atoms with Gasteiger partial charge in [0.15, 0.2) is 0 Å². The van der Waals surface area contributed by atoms with Crippen LogP contribution in [0.4, 0.5) is 0 Å². The molecule has 0 aliphatic heterocycles. The smallest absolute Gasteiger partial charge is 0.0952 e. The highest BCUT2D eigenvalue weighted by atomic mass is 15.2. The van der Waals surface area contributed by atoms with Gasteiger partial charge in [-0.3, -0.25) is 4.68 Å². The molecular weight excluding hydrogens is 196 g/mol. The number of aryl methyl sites for hydroxylation is 2. The second-order valence-corrected chi connectivity index (χ2v) is 3.79. The molecule has 16 heavy (non-hydrogen) atoms. The van der Waals surface area contributed by atoms with E-state index in [0.717, 1.165) is 16.8 Å². The number of aromatic nitrogens is 2. The minimum Gasteiger partial charge on any atom is -0.275 e. The topological polar surface area (TPSA) is 17.8 Å². The fourth-order valence-electron chi connectivity index (χ4n) is 1.75. The van der Waals surface area contributed by atoms with E-state index in [-0.39, 0.29) is 0 Å². The summed E-state index contributed by atoms with van der Waals surface area (Å²) in [6.07, 6.45) is 2.02. The molecule has 2 nitrogen and oxygen atoms in total. The molecule has 2 aromatic rings. The maximum absolute atomic E-state index is 4.44. The highest BCUT2D eigenvalue weighted by molar-refractivity contribution is 5.63. The van der Waals surface area contributed by atoms with Gasteiger partial charge in [-0.1, -0.05) is 18.1 Å². The van der Waals surface area contributed by atoms with Crippen LogP contribution < -0.4 is 0 Å². The average molecular weight is 210 g/mol. The molecule has 0 aliphatic rings. The van der Waals surface area contributed by atoms with E-state index in [1.807, 2.05) is 37.0 Å². The van der Waals surface area contributed by atoms with Crippen LogP contribution in [0.5, 0.6) is 0 Å². The van der Waals surface area contributed by atoms with Crippen LogP contribution in [-0.4, -0.2) is 9.78 Å². The molecule has 0 saturated heterocycles. The van der Waals surface area contributed by atoms with Gasteiger partial charge in [0.1, 0.15) is 0 Å². The summed E-state index contributed by atoms with van der Waals surface area (Å²) in [4.78, 5) is 0. The molecule has 1 aromatic heterocycles. The van der Waals surface area contributed by atoms with Gasteiger partial charge in [-0.15, -0.1) is 5.92 Å². The quantitative estimate of drug-likeness (QED) is 0.662. The highest BCUT2D eigenvalue weighted by Crippen LogP contribution is 2.21. The van der Waals surface area contributed by atoms with Gasteiger partial charge in [-0.25, -0.2) is 0 Å². The second kappa shape index (κ2) is 4.24. The molecule has 2 heteroatoms. The molecule has 0 amide bonds. The standard InChI is InChI=1S/C14H14N2/c1-4-5-12-6-8-13(9-7-12)14-11(2)10-16(3)15-14/h6-10H,1-3H3. The molecule has 0 aliphatic carbocycles. The van der Waals surface area contributed by atoms with E-state index in [2.05, 4.69) is 36.0 Å². The summed E-state index contributed by atoms with van der Waals surface area (Å²) in [5, 5.41) is 4.44. The van der Waals surface area contributed by atoms with Crippen molar-refractivity contribution in [2.45, 2.75) is 13.8 Å². The predicted octanol–water partition coefficient (Wildman–Crippen LogP) is 2.77. The van der Waals surface area contributed by atoms with E-state index in [4.69, 9.17) is 0 Å². The first-order chi connectivity index (χ1) is 7.70. The van der Waals surface area contributed by atoms with Crippen LogP contribution in [0.3, 0.4) is 0 Å². The summed E-state index contributed by atoms with van der Waals surface area (Å²) in [6, 6.07) is 8.18. The van der Waals surface area contributed by atoms with Gasteiger partial charge in [0.05, 0.1) is 5.69 Å². The molecule has 0 N–H and O–H groups in total. The molecule has 1 aromatic carbocycles. The van der Waals surface area contributed by atoms with Gasteiger partial charge < -0.3 is 0 Å². The molecule has 0 spiro atoms. The average Bonchev–Trinajstić information content (AvgIpc) is 2.59. The first-order valence-electron chi connectivity index (χ1n) is 5.24. The molecule has 0 atom stereocenters. The lowest BCUT2D eigenvalue weighted by atomic mass is 10.1. The van der Waals surface area contributed by atoms with Crippen LogP contribution >= 0.6 is 0 Å². The van der Waals surface area contributed by atoms with E-state index in [1.165, 1.54) is 5.56 Å². The summed E-state index contributed by atoms with van der Waals surface area (Å²) in [7, 11) is 1.94. The fourth-order valence-corrected chi connectivity index (χ4v) is 1.75. The van der Waals surface area contributed by atoms with Crippen molar-refractivity contribution in [1.82, 2.24) is 9.78 Å². The zero-order valence-electron chi connectivity index (χ0n) is 9.78. The largest absolute Gasteiger partial charge is 0.275 e. The van der Waals surface area contributed by atoms with E-state index in [9.17, 15) is 0 Å². The number of hydrogen-bond donors (Lipinski definition) is 0. The van der Waals surface area contributed by atoms with E-state index < -0.39 is 0 Å². The molecule has 0 saturated carbocycles. The van der Waals surface area contributed by atoms with Crippen LogP contribution in [-0.2, 0) is 7.05 Å². The van der Waals surface area contributed by atoms with Crippen LogP contribution in [0.15, 0.2) is 30.5 Å². The van der Waals surface area contributed by atoms with Gasteiger partial charge in [-0.05, 0) is 31.5 Å². The van der Waals surface area contributed by atoms with Crippen molar-refractivity contribution in [2.24, 2.45) is 7.05 Å². The molecule has 0 fully saturated rings. The van der Waals surface area contributed by atoms with E-state index >= 15 is 0 Å². The van der Waals surface area contributed by atoms with Gasteiger partial charge in [0.25, 0.3) is 0 Å². The second-order valence-electron chi connectivity index (χ2n) is 3.79. The van der Waals surface area contributed by atoms with Crippen LogP contribution in [0.25, 0.3) is 11.3 Å². The minimum absolute atomic E-state index is 1.04. The van der Waals surface area contributed by atoms with Crippen LogP contribution in [0, 0.1) is 18.8 Å². The highest BCUT2D eigenvalue weighted by Gasteiger charge is 2.05. The minimum atomic E-state index is 1.04. The third-order valence-corrected chi connectivity index (χ3v) is 2.44. The first kappa shape index (κ1) is 10.5. The Bertz CT molecular complexity index is 551.